The van der Waals surface area contributed by atoms with Crippen molar-refractivity contribution in [3.8, 4) is 0 Å². The fraction of sp³-hybridized carbons (Fsp3) is 0.556. The zero-order valence-electron chi connectivity index (χ0n) is 9.10. The zero-order valence-corrected chi connectivity index (χ0v) is 9.10. The van der Waals surface area contributed by atoms with Gasteiger partial charge >= 0.3 is 0 Å². The summed E-state index contributed by atoms with van der Waals surface area (Å²) < 4.78 is 25.6. The fourth-order valence-electron chi connectivity index (χ4n) is 1.26. The second kappa shape index (κ2) is 4.56. The standard InChI is InChI=1S/C9H14F2N4O/c1-5-7(6(2)15-14-5)8(16)13-4-9(10,11)3-12/h3-4,12H2,1-2H3,(H,13,16)(H,14,15). The van der Waals surface area contributed by atoms with Gasteiger partial charge in [-0.2, -0.15) is 5.10 Å². The summed E-state index contributed by atoms with van der Waals surface area (Å²) in [6.45, 7) is 1.71. The molecule has 0 spiro atoms. The molecule has 5 nitrogen and oxygen atoms in total. The minimum atomic E-state index is -3.08. The van der Waals surface area contributed by atoms with Crippen LogP contribution in [0.25, 0.3) is 0 Å². The third-order valence-electron chi connectivity index (χ3n) is 2.16. The van der Waals surface area contributed by atoms with Crippen molar-refractivity contribution < 1.29 is 13.6 Å². The summed E-state index contributed by atoms with van der Waals surface area (Å²) in [5.74, 6) is -3.65. The molecule has 1 rings (SSSR count). The van der Waals surface area contributed by atoms with E-state index in [2.05, 4.69) is 15.5 Å². The van der Waals surface area contributed by atoms with E-state index in [1.54, 1.807) is 13.8 Å². The first-order valence-corrected chi connectivity index (χ1v) is 4.75. The summed E-state index contributed by atoms with van der Waals surface area (Å²) in [6, 6.07) is 0. The molecule has 1 heterocycles. The molecule has 90 valence electrons. The number of nitrogens with zero attached hydrogens (tertiary/aromatic N) is 1. The third-order valence-corrected chi connectivity index (χ3v) is 2.16. The fourth-order valence-corrected chi connectivity index (χ4v) is 1.26. The van der Waals surface area contributed by atoms with E-state index in [1.807, 2.05) is 0 Å². The predicted octanol–water partition coefficient (Wildman–Crippen LogP) is 0.350. The maximum Gasteiger partial charge on any atom is 0.277 e. The lowest BCUT2D eigenvalue weighted by atomic mass is 10.2. The van der Waals surface area contributed by atoms with Gasteiger partial charge in [-0.05, 0) is 13.8 Å². The minimum Gasteiger partial charge on any atom is -0.346 e. The Kier molecular flexibility index (Phi) is 3.58. The van der Waals surface area contributed by atoms with Gasteiger partial charge < -0.3 is 11.1 Å². The Labute approximate surface area is 91.4 Å². The first kappa shape index (κ1) is 12.6. The number of aromatic nitrogens is 2. The van der Waals surface area contributed by atoms with Gasteiger partial charge in [-0.15, -0.1) is 0 Å². The molecule has 1 aromatic rings. The van der Waals surface area contributed by atoms with E-state index >= 15 is 0 Å². The molecule has 0 bridgehead atoms. The van der Waals surface area contributed by atoms with Crippen LogP contribution in [0.2, 0.25) is 0 Å². The van der Waals surface area contributed by atoms with Crippen LogP contribution in [0, 0.1) is 13.8 Å². The molecular weight excluding hydrogens is 218 g/mol. The Bertz CT molecular complexity index is 369. The summed E-state index contributed by atoms with van der Waals surface area (Å²) in [7, 11) is 0. The largest absolute Gasteiger partial charge is 0.346 e. The van der Waals surface area contributed by atoms with Crippen molar-refractivity contribution >= 4 is 5.91 Å². The highest BCUT2D eigenvalue weighted by molar-refractivity contribution is 5.96. The van der Waals surface area contributed by atoms with Crippen LogP contribution in [-0.2, 0) is 0 Å². The van der Waals surface area contributed by atoms with Gasteiger partial charge in [0.2, 0.25) is 0 Å². The van der Waals surface area contributed by atoms with Crippen LogP contribution in [0.1, 0.15) is 21.7 Å². The number of hydrogen-bond donors (Lipinski definition) is 3. The van der Waals surface area contributed by atoms with E-state index in [-0.39, 0.29) is 0 Å². The van der Waals surface area contributed by atoms with Crippen molar-refractivity contribution in [1.29, 1.82) is 0 Å². The number of aromatic amines is 1. The highest BCUT2D eigenvalue weighted by Crippen LogP contribution is 2.12. The number of H-pyrrole nitrogens is 1. The Morgan fingerprint density at radius 3 is 2.62 bits per heavy atom. The molecule has 7 heteroatoms. The molecule has 0 radical (unpaired) electrons. The van der Waals surface area contributed by atoms with E-state index in [0.29, 0.717) is 17.0 Å². The van der Waals surface area contributed by atoms with Gasteiger partial charge in [0.05, 0.1) is 24.3 Å². The summed E-state index contributed by atoms with van der Waals surface area (Å²) in [5, 5.41) is 8.54. The van der Waals surface area contributed by atoms with E-state index in [0.717, 1.165) is 0 Å². The van der Waals surface area contributed by atoms with Crippen LogP contribution in [0.3, 0.4) is 0 Å². The second-order valence-corrected chi connectivity index (χ2v) is 3.55. The number of hydrogen-bond acceptors (Lipinski definition) is 3. The average molecular weight is 232 g/mol. The van der Waals surface area contributed by atoms with Crippen LogP contribution in [0.15, 0.2) is 0 Å². The molecule has 16 heavy (non-hydrogen) atoms. The van der Waals surface area contributed by atoms with Crippen LogP contribution < -0.4 is 11.1 Å². The molecular formula is C9H14F2N4O. The molecule has 0 aliphatic rings. The summed E-state index contributed by atoms with van der Waals surface area (Å²) in [5.41, 5.74) is 6.18. The number of amides is 1. The second-order valence-electron chi connectivity index (χ2n) is 3.55. The summed E-state index contributed by atoms with van der Waals surface area (Å²) in [4.78, 5) is 11.6. The molecule has 0 aromatic carbocycles. The molecule has 0 unspecified atom stereocenters. The van der Waals surface area contributed by atoms with E-state index in [9.17, 15) is 13.6 Å². The van der Waals surface area contributed by atoms with Gasteiger partial charge in [0.25, 0.3) is 11.8 Å². The Morgan fingerprint density at radius 2 is 2.19 bits per heavy atom. The van der Waals surface area contributed by atoms with Crippen molar-refractivity contribution in [3.05, 3.63) is 17.0 Å². The highest BCUT2D eigenvalue weighted by atomic mass is 19.3. The zero-order chi connectivity index (χ0) is 12.3. The number of nitrogens with two attached hydrogens (primary N) is 1. The first-order chi connectivity index (χ1) is 7.37. The van der Waals surface area contributed by atoms with Crippen molar-refractivity contribution in [3.63, 3.8) is 0 Å². The highest BCUT2D eigenvalue weighted by Gasteiger charge is 2.28. The third kappa shape index (κ3) is 2.75. The van der Waals surface area contributed by atoms with E-state index in [4.69, 9.17) is 5.73 Å². The van der Waals surface area contributed by atoms with Crippen LogP contribution in [0.5, 0.6) is 0 Å². The van der Waals surface area contributed by atoms with Gasteiger partial charge in [-0.25, -0.2) is 8.78 Å². The Hall–Kier alpha value is -1.50. The maximum atomic E-state index is 12.8. The molecule has 0 saturated heterocycles. The normalized spacial score (nSPS) is 11.6. The SMILES string of the molecule is Cc1n[nH]c(C)c1C(=O)NCC(F)(F)CN. The molecule has 1 amide bonds. The lowest BCUT2D eigenvalue weighted by molar-refractivity contribution is 0.0118. The van der Waals surface area contributed by atoms with Gasteiger partial charge in [-0.3, -0.25) is 9.89 Å². The van der Waals surface area contributed by atoms with Crippen molar-refractivity contribution in [1.82, 2.24) is 15.5 Å². The minimum absolute atomic E-state index is 0.299. The molecule has 0 aliphatic carbocycles. The summed E-state index contributed by atoms with van der Waals surface area (Å²) >= 11 is 0. The lowest BCUT2D eigenvalue weighted by Crippen LogP contribution is -2.41. The number of carbonyl (C=O) groups is 1. The molecule has 0 saturated carbocycles. The predicted molar refractivity (Wildman–Crippen MR) is 54.4 cm³/mol. The molecule has 0 aliphatic heterocycles. The van der Waals surface area contributed by atoms with E-state index < -0.39 is 24.9 Å². The van der Waals surface area contributed by atoms with Crippen LogP contribution in [0.4, 0.5) is 8.78 Å². The summed E-state index contributed by atoms with van der Waals surface area (Å²) in [6.07, 6.45) is 0. The van der Waals surface area contributed by atoms with Crippen LogP contribution in [-0.4, -0.2) is 35.1 Å². The average Bonchev–Trinajstić information content (AvgIpc) is 2.55. The topological polar surface area (TPSA) is 83.8 Å². The van der Waals surface area contributed by atoms with Crippen molar-refractivity contribution in [2.24, 2.45) is 5.73 Å². The van der Waals surface area contributed by atoms with Crippen LogP contribution >= 0.6 is 0 Å². The van der Waals surface area contributed by atoms with Gasteiger partial charge in [0.1, 0.15) is 0 Å². The number of aryl methyl sites for hydroxylation is 2. The number of halogens is 2. The van der Waals surface area contributed by atoms with Gasteiger partial charge in [0.15, 0.2) is 0 Å². The quantitative estimate of drug-likeness (QED) is 0.700. The maximum absolute atomic E-state index is 12.8. The Morgan fingerprint density at radius 1 is 1.56 bits per heavy atom. The van der Waals surface area contributed by atoms with Gasteiger partial charge in [0, 0.05) is 5.69 Å². The number of alkyl halides is 2. The lowest BCUT2D eigenvalue weighted by Gasteiger charge is -2.14. The number of nitrogens with one attached hydrogen (secondary N) is 2. The number of carbonyl (C=O) groups excluding carboxylic acids is 1. The van der Waals surface area contributed by atoms with E-state index in [1.165, 1.54) is 0 Å². The molecule has 1 aromatic heterocycles. The smallest absolute Gasteiger partial charge is 0.277 e. The molecule has 4 N–H and O–H groups in total. The first-order valence-electron chi connectivity index (χ1n) is 4.75. The monoisotopic (exact) mass is 232 g/mol. The van der Waals surface area contributed by atoms with Gasteiger partial charge in [-0.1, -0.05) is 0 Å². The van der Waals surface area contributed by atoms with Crippen molar-refractivity contribution in [2.45, 2.75) is 19.8 Å². The Balaban J connectivity index is 2.67. The molecule has 0 fully saturated rings. The van der Waals surface area contributed by atoms with Crippen molar-refractivity contribution in [2.75, 3.05) is 13.1 Å². The number of rotatable bonds is 4. The molecule has 0 atom stereocenters.